The van der Waals surface area contributed by atoms with E-state index in [-0.39, 0.29) is 18.3 Å². The fraction of sp³-hybridized carbons (Fsp3) is 0.263. The van der Waals surface area contributed by atoms with Crippen molar-refractivity contribution in [3.05, 3.63) is 69.9 Å². The lowest BCUT2D eigenvalue weighted by Gasteiger charge is -2.09. The number of nitrogens with zero attached hydrogens (tertiary/aromatic N) is 2. The maximum Gasteiger partial charge on any atom is 0.287 e. The van der Waals surface area contributed by atoms with Crippen molar-refractivity contribution in [2.45, 2.75) is 27.0 Å². The van der Waals surface area contributed by atoms with E-state index in [1.165, 1.54) is 0 Å². The number of benzene rings is 1. The molecule has 0 saturated heterocycles. The zero-order valence-electron chi connectivity index (χ0n) is 14.9. The zero-order chi connectivity index (χ0) is 18.7. The number of aromatic nitrogens is 2. The number of carbonyl (C=O) groups is 1. The number of ether oxygens (including phenoxy) is 1. The summed E-state index contributed by atoms with van der Waals surface area (Å²) in [5.74, 6) is 1.12. The van der Waals surface area contributed by atoms with Gasteiger partial charge in [-0.05, 0) is 37.6 Å². The maximum absolute atomic E-state index is 12.2. The molecule has 0 aliphatic rings. The lowest BCUT2D eigenvalue weighted by Crippen LogP contribution is -2.22. The van der Waals surface area contributed by atoms with Crippen LogP contribution in [0.4, 0.5) is 0 Å². The quantitative estimate of drug-likeness (QED) is 0.713. The number of rotatable bonds is 6. The topological polar surface area (TPSA) is 69.3 Å². The number of halogens is 1. The molecule has 2 heterocycles. The normalized spacial score (nSPS) is 10.8. The summed E-state index contributed by atoms with van der Waals surface area (Å²) in [6, 6.07) is 8.90. The number of hydrogen-bond acceptors (Lipinski definition) is 4. The molecule has 0 saturated carbocycles. The summed E-state index contributed by atoms with van der Waals surface area (Å²) in [7, 11) is 1.85. The van der Waals surface area contributed by atoms with Crippen molar-refractivity contribution in [3.8, 4) is 5.75 Å². The molecule has 0 bridgehead atoms. The Hall–Kier alpha value is -2.73. The molecular formula is C19H20ClN3O3. The highest BCUT2D eigenvalue weighted by Gasteiger charge is 2.13. The highest BCUT2D eigenvalue weighted by Crippen LogP contribution is 2.28. The van der Waals surface area contributed by atoms with E-state index in [1.807, 2.05) is 39.2 Å². The van der Waals surface area contributed by atoms with Crippen LogP contribution in [0.2, 0.25) is 5.02 Å². The van der Waals surface area contributed by atoms with Gasteiger partial charge in [0.15, 0.2) is 5.76 Å². The SMILES string of the molecule is Cc1cccc(Cl)c1OCc1ccc(C(=O)NCc2cn(C)nc2C)o1. The van der Waals surface area contributed by atoms with E-state index in [0.717, 1.165) is 16.8 Å². The van der Waals surface area contributed by atoms with Gasteiger partial charge in [-0.25, -0.2) is 0 Å². The molecule has 3 rings (SSSR count). The molecule has 2 aromatic heterocycles. The lowest BCUT2D eigenvalue weighted by molar-refractivity contribution is 0.0919. The monoisotopic (exact) mass is 373 g/mol. The average molecular weight is 374 g/mol. The molecule has 136 valence electrons. The molecule has 1 N–H and O–H groups in total. The van der Waals surface area contributed by atoms with Gasteiger partial charge in [0.1, 0.15) is 18.1 Å². The first-order valence-corrected chi connectivity index (χ1v) is 8.56. The second-order valence-electron chi connectivity index (χ2n) is 6.04. The van der Waals surface area contributed by atoms with Gasteiger partial charge in [0.2, 0.25) is 0 Å². The van der Waals surface area contributed by atoms with Gasteiger partial charge >= 0.3 is 0 Å². The molecule has 3 aromatic rings. The minimum Gasteiger partial charge on any atom is -0.484 e. The van der Waals surface area contributed by atoms with Gasteiger partial charge in [-0.2, -0.15) is 5.10 Å². The molecule has 1 aromatic carbocycles. The van der Waals surface area contributed by atoms with Crippen molar-refractivity contribution < 1.29 is 13.9 Å². The Labute approximate surface area is 156 Å². The second-order valence-corrected chi connectivity index (χ2v) is 6.44. The Balaban J connectivity index is 1.58. The van der Waals surface area contributed by atoms with E-state index < -0.39 is 0 Å². The number of para-hydroxylation sites is 1. The van der Waals surface area contributed by atoms with E-state index in [0.29, 0.717) is 23.1 Å². The number of amides is 1. The Morgan fingerprint density at radius 2 is 2.12 bits per heavy atom. The highest BCUT2D eigenvalue weighted by molar-refractivity contribution is 6.32. The van der Waals surface area contributed by atoms with Crippen LogP contribution in [-0.2, 0) is 20.2 Å². The van der Waals surface area contributed by atoms with Crippen molar-refractivity contribution >= 4 is 17.5 Å². The first kappa shape index (κ1) is 18.1. The molecule has 0 atom stereocenters. The van der Waals surface area contributed by atoms with Gasteiger partial charge in [-0.15, -0.1) is 0 Å². The van der Waals surface area contributed by atoms with Gasteiger partial charge in [0, 0.05) is 25.4 Å². The van der Waals surface area contributed by atoms with Crippen LogP contribution in [0.25, 0.3) is 0 Å². The minimum absolute atomic E-state index is 0.194. The van der Waals surface area contributed by atoms with E-state index in [4.69, 9.17) is 20.8 Å². The minimum atomic E-state index is -0.284. The van der Waals surface area contributed by atoms with Crippen molar-refractivity contribution in [2.24, 2.45) is 7.05 Å². The number of aryl methyl sites for hydroxylation is 3. The third-order valence-electron chi connectivity index (χ3n) is 3.96. The first-order valence-electron chi connectivity index (χ1n) is 8.18. The van der Waals surface area contributed by atoms with Crippen LogP contribution in [0.1, 0.15) is 33.1 Å². The van der Waals surface area contributed by atoms with Gasteiger partial charge in [0.05, 0.1) is 10.7 Å². The summed E-state index contributed by atoms with van der Waals surface area (Å²) < 4.78 is 13.0. The van der Waals surface area contributed by atoms with Crippen LogP contribution in [0.3, 0.4) is 0 Å². The van der Waals surface area contributed by atoms with Crippen LogP contribution in [-0.4, -0.2) is 15.7 Å². The van der Waals surface area contributed by atoms with Gasteiger partial charge in [0.25, 0.3) is 5.91 Å². The molecule has 0 unspecified atom stereocenters. The van der Waals surface area contributed by atoms with Gasteiger partial charge < -0.3 is 14.5 Å². The molecule has 6 nitrogen and oxygen atoms in total. The van der Waals surface area contributed by atoms with Crippen molar-refractivity contribution in [1.29, 1.82) is 0 Å². The molecule has 0 spiro atoms. The van der Waals surface area contributed by atoms with Crippen molar-refractivity contribution in [1.82, 2.24) is 15.1 Å². The van der Waals surface area contributed by atoms with E-state index in [1.54, 1.807) is 22.9 Å². The third-order valence-corrected chi connectivity index (χ3v) is 4.26. The number of furan rings is 1. The predicted molar refractivity (Wildman–Crippen MR) is 98.3 cm³/mol. The summed E-state index contributed by atoms with van der Waals surface area (Å²) in [5, 5.41) is 7.62. The highest BCUT2D eigenvalue weighted by atomic mass is 35.5. The molecule has 7 heteroatoms. The molecular weight excluding hydrogens is 354 g/mol. The van der Waals surface area contributed by atoms with Gasteiger partial charge in [-0.1, -0.05) is 23.7 Å². The number of nitrogens with one attached hydrogen (secondary N) is 1. The predicted octanol–water partition coefficient (Wildman–Crippen LogP) is 3.79. The first-order chi connectivity index (χ1) is 12.4. The molecule has 26 heavy (non-hydrogen) atoms. The molecule has 0 fully saturated rings. The van der Waals surface area contributed by atoms with E-state index >= 15 is 0 Å². The van der Waals surface area contributed by atoms with Crippen LogP contribution in [0.15, 0.2) is 40.9 Å². The average Bonchev–Trinajstić information content (AvgIpc) is 3.18. The van der Waals surface area contributed by atoms with Crippen molar-refractivity contribution in [3.63, 3.8) is 0 Å². The smallest absolute Gasteiger partial charge is 0.287 e. The molecule has 0 radical (unpaired) electrons. The van der Waals surface area contributed by atoms with E-state index in [2.05, 4.69) is 10.4 Å². The Kier molecular flexibility index (Phi) is 5.32. The van der Waals surface area contributed by atoms with Crippen LogP contribution in [0.5, 0.6) is 5.75 Å². The lowest BCUT2D eigenvalue weighted by atomic mass is 10.2. The largest absolute Gasteiger partial charge is 0.484 e. The van der Waals surface area contributed by atoms with Crippen LogP contribution >= 0.6 is 11.6 Å². The standard InChI is InChI=1S/C19H20ClN3O3/c1-12-5-4-6-16(20)18(12)25-11-15-7-8-17(26-15)19(24)21-9-14-10-23(3)22-13(14)2/h4-8,10H,9,11H2,1-3H3,(H,21,24). The summed E-state index contributed by atoms with van der Waals surface area (Å²) in [4.78, 5) is 12.2. The van der Waals surface area contributed by atoms with Gasteiger partial charge in [-0.3, -0.25) is 9.48 Å². The van der Waals surface area contributed by atoms with Crippen LogP contribution in [0, 0.1) is 13.8 Å². The maximum atomic E-state index is 12.2. The summed E-state index contributed by atoms with van der Waals surface area (Å²) in [6.07, 6.45) is 1.88. The molecule has 1 amide bonds. The molecule has 0 aliphatic carbocycles. The fourth-order valence-electron chi connectivity index (χ4n) is 2.61. The summed E-state index contributed by atoms with van der Waals surface area (Å²) in [5.41, 5.74) is 2.79. The molecule has 0 aliphatic heterocycles. The number of carbonyl (C=O) groups excluding carboxylic acids is 1. The zero-order valence-corrected chi connectivity index (χ0v) is 15.6. The third kappa shape index (κ3) is 4.08. The summed E-state index contributed by atoms with van der Waals surface area (Å²) >= 11 is 6.14. The summed E-state index contributed by atoms with van der Waals surface area (Å²) in [6.45, 7) is 4.41. The van der Waals surface area contributed by atoms with Crippen LogP contribution < -0.4 is 10.1 Å². The van der Waals surface area contributed by atoms with E-state index in [9.17, 15) is 4.79 Å². The number of hydrogen-bond donors (Lipinski definition) is 1. The second kappa shape index (κ2) is 7.66. The van der Waals surface area contributed by atoms with Crippen molar-refractivity contribution in [2.75, 3.05) is 0 Å². The Bertz CT molecular complexity index is 910. The Morgan fingerprint density at radius 1 is 1.31 bits per heavy atom. The fourth-order valence-corrected chi connectivity index (χ4v) is 2.88. The Morgan fingerprint density at radius 3 is 2.81 bits per heavy atom.